The monoisotopic (exact) mass is 493 g/mol. The van der Waals surface area contributed by atoms with Crippen LogP contribution in [0.5, 0.6) is 0 Å². The van der Waals surface area contributed by atoms with Crippen molar-refractivity contribution in [2.45, 2.75) is 76.2 Å². The van der Waals surface area contributed by atoms with E-state index in [1.54, 1.807) is 25.3 Å². The molecule has 2 atom stereocenters. The molecule has 2 saturated heterocycles. The lowest BCUT2D eigenvalue weighted by atomic mass is 9.98. The maximum atomic E-state index is 14.6. The largest absolute Gasteiger partial charge is 0.478 e. The number of pyridine rings is 1. The van der Waals surface area contributed by atoms with Crippen molar-refractivity contribution in [3.05, 3.63) is 70.7 Å². The molecule has 188 valence electrons. The number of benzene rings is 1. The van der Waals surface area contributed by atoms with Crippen LogP contribution in [0.2, 0.25) is 0 Å². The highest BCUT2D eigenvalue weighted by molar-refractivity contribution is 5.89. The minimum atomic E-state index is -0.966. The molecule has 2 unspecified atom stereocenters. The van der Waals surface area contributed by atoms with Gasteiger partial charge in [0.05, 0.1) is 29.5 Å². The number of carbonyl (C=O) groups is 1. The van der Waals surface area contributed by atoms with Crippen molar-refractivity contribution in [3.63, 3.8) is 0 Å². The molecule has 3 fully saturated rings. The topological polar surface area (TPSA) is 78.5 Å². The molecule has 6 rings (SSSR count). The molecule has 3 aliphatic rings. The van der Waals surface area contributed by atoms with Crippen LogP contribution in [0.1, 0.15) is 71.8 Å². The summed E-state index contributed by atoms with van der Waals surface area (Å²) in [6.07, 6.45) is 7.65. The number of halogens is 2. The van der Waals surface area contributed by atoms with Crippen LogP contribution in [-0.4, -0.2) is 39.2 Å². The number of fused-ring (bicyclic) bond motifs is 2. The molecule has 8 heteroatoms. The van der Waals surface area contributed by atoms with E-state index < -0.39 is 17.6 Å². The number of ether oxygens (including phenoxy) is 1. The zero-order valence-electron chi connectivity index (χ0n) is 20.1. The van der Waals surface area contributed by atoms with Gasteiger partial charge in [0.1, 0.15) is 17.5 Å². The van der Waals surface area contributed by atoms with Crippen LogP contribution < -0.4 is 4.90 Å². The Kier molecular flexibility index (Phi) is 5.79. The third kappa shape index (κ3) is 4.07. The zero-order chi connectivity index (χ0) is 25.0. The zero-order valence-corrected chi connectivity index (χ0v) is 20.1. The Bertz CT molecular complexity index is 1290. The van der Waals surface area contributed by atoms with E-state index in [0.717, 1.165) is 55.6 Å². The predicted molar refractivity (Wildman–Crippen MR) is 131 cm³/mol. The van der Waals surface area contributed by atoms with Gasteiger partial charge in [-0.2, -0.15) is 0 Å². The number of aromatic nitrogens is 2. The second kappa shape index (κ2) is 9.00. The Morgan fingerprint density at radius 3 is 2.42 bits per heavy atom. The van der Waals surface area contributed by atoms with Gasteiger partial charge in [-0.25, -0.2) is 18.6 Å². The fourth-order valence-electron chi connectivity index (χ4n) is 6.10. The van der Waals surface area contributed by atoms with Gasteiger partial charge in [-0.05, 0) is 75.6 Å². The summed E-state index contributed by atoms with van der Waals surface area (Å²) in [6.45, 7) is 2.04. The van der Waals surface area contributed by atoms with Gasteiger partial charge in [-0.3, -0.25) is 0 Å². The van der Waals surface area contributed by atoms with Crippen LogP contribution in [0.25, 0.3) is 11.1 Å². The summed E-state index contributed by atoms with van der Waals surface area (Å²) in [5, 5.41) is 9.32. The second-order valence-corrected chi connectivity index (χ2v) is 10.3. The van der Waals surface area contributed by atoms with Crippen molar-refractivity contribution in [2.24, 2.45) is 0 Å². The Labute approximate surface area is 208 Å². The van der Waals surface area contributed by atoms with E-state index in [1.807, 2.05) is 0 Å². The molecule has 1 aliphatic carbocycles. The first kappa shape index (κ1) is 23.2. The standard InChI is InChI=1S/C28H29F2N3O3/c1-15-20(28(34)35)9-10-25(32-15)33-17-7-8-18(33)12-19(11-17)36-14-22-21(13-31-27(22)16-5-6-16)26-23(29)3-2-4-24(26)30/h2-4,9-10,13,16-19,31H,5-8,11-12,14H2,1H3,(H,34,35). The number of carboxylic acids is 1. The SMILES string of the molecule is Cc1nc(N2C3CCC2CC(OCc2c(-c4c(F)cccc4F)c[nH]c2C2CC2)C3)ccc1C(=O)O. The third-order valence-corrected chi connectivity index (χ3v) is 7.96. The van der Waals surface area contributed by atoms with Crippen LogP contribution >= 0.6 is 0 Å². The van der Waals surface area contributed by atoms with Crippen LogP contribution in [0, 0.1) is 18.6 Å². The number of hydrogen-bond acceptors (Lipinski definition) is 4. The lowest BCUT2D eigenvalue weighted by molar-refractivity contribution is 0.0149. The van der Waals surface area contributed by atoms with Gasteiger partial charge in [0.2, 0.25) is 0 Å². The molecule has 0 spiro atoms. The predicted octanol–water partition coefficient (Wildman–Crippen LogP) is 5.96. The van der Waals surface area contributed by atoms with Crippen LogP contribution in [-0.2, 0) is 11.3 Å². The number of nitrogens with zero attached hydrogens (tertiary/aromatic N) is 2. The number of carboxylic acid groups (broad SMARTS) is 1. The van der Waals surface area contributed by atoms with E-state index in [4.69, 9.17) is 4.74 Å². The molecule has 6 nitrogen and oxygen atoms in total. The average Bonchev–Trinajstić information content (AvgIpc) is 3.55. The highest BCUT2D eigenvalue weighted by Crippen LogP contribution is 2.45. The van der Waals surface area contributed by atoms with E-state index >= 15 is 0 Å². The summed E-state index contributed by atoms with van der Waals surface area (Å²) in [6, 6.07) is 7.95. The maximum Gasteiger partial charge on any atom is 0.337 e. The molecule has 1 aromatic carbocycles. The minimum absolute atomic E-state index is 0.000362. The number of hydrogen-bond donors (Lipinski definition) is 2. The summed E-state index contributed by atoms with van der Waals surface area (Å²) in [5.41, 5.74) is 3.19. The third-order valence-electron chi connectivity index (χ3n) is 7.96. The molecule has 2 bridgehead atoms. The molecule has 3 aromatic rings. The summed E-state index contributed by atoms with van der Waals surface area (Å²) in [4.78, 5) is 21.6. The molecule has 36 heavy (non-hydrogen) atoms. The lowest BCUT2D eigenvalue weighted by Gasteiger charge is -2.40. The first-order valence-corrected chi connectivity index (χ1v) is 12.7. The number of nitrogens with one attached hydrogen (secondary N) is 1. The quantitative estimate of drug-likeness (QED) is 0.425. The molecule has 2 N–H and O–H groups in total. The van der Waals surface area contributed by atoms with Crippen LogP contribution in [0.15, 0.2) is 36.5 Å². The van der Waals surface area contributed by atoms with E-state index in [9.17, 15) is 18.7 Å². The van der Waals surface area contributed by atoms with Crippen LogP contribution in [0.3, 0.4) is 0 Å². The molecule has 0 amide bonds. The molecular weight excluding hydrogens is 464 g/mol. The van der Waals surface area contributed by atoms with Crippen molar-refractivity contribution in [3.8, 4) is 11.1 Å². The van der Waals surface area contributed by atoms with E-state index in [-0.39, 0.29) is 29.3 Å². The van der Waals surface area contributed by atoms with Crippen molar-refractivity contribution in [2.75, 3.05) is 4.90 Å². The highest BCUT2D eigenvalue weighted by Gasteiger charge is 2.42. The molecule has 0 radical (unpaired) electrons. The number of aromatic carboxylic acids is 1. The van der Waals surface area contributed by atoms with Crippen molar-refractivity contribution in [1.29, 1.82) is 0 Å². The lowest BCUT2D eigenvalue weighted by Crippen LogP contribution is -2.46. The highest BCUT2D eigenvalue weighted by atomic mass is 19.1. The molecule has 2 aromatic heterocycles. The number of H-pyrrole nitrogens is 1. The first-order chi connectivity index (χ1) is 17.4. The Hall–Kier alpha value is -3.26. The van der Waals surface area contributed by atoms with Gasteiger partial charge in [0, 0.05) is 35.1 Å². The van der Waals surface area contributed by atoms with Gasteiger partial charge in [0.15, 0.2) is 0 Å². The summed E-state index contributed by atoms with van der Waals surface area (Å²) < 4.78 is 35.7. The number of anilines is 1. The van der Waals surface area contributed by atoms with Gasteiger partial charge in [0.25, 0.3) is 0 Å². The minimum Gasteiger partial charge on any atom is -0.478 e. The molecule has 2 aliphatic heterocycles. The van der Waals surface area contributed by atoms with Gasteiger partial charge in [-0.15, -0.1) is 0 Å². The smallest absolute Gasteiger partial charge is 0.337 e. The summed E-state index contributed by atoms with van der Waals surface area (Å²) >= 11 is 0. The van der Waals surface area contributed by atoms with Crippen molar-refractivity contribution in [1.82, 2.24) is 9.97 Å². The maximum absolute atomic E-state index is 14.6. The van der Waals surface area contributed by atoms with Gasteiger partial charge in [-0.1, -0.05) is 6.07 Å². The normalized spacial score (nSPS) is 23.3. The second-order valence-electron chi connectivity index (χ2n) is 10.3. The Morgan fingerprint density at radius 2 is 1.81 bits per heavy atom. The fourth-order valence-corrected chi connectivity index (χ4v) is 6.10. The van der Waals surface area contributed by atoms with Crippen molar-refractivity contribution >= 4 is 11.8 Å². The van der Waals surface area contributed by atoms with E-state index in [2.05, 4.69) is 14.9 Å². The van der Waals surface area contributed by atoms with Crippen LogP contribution in [0.4, 0.5) is 14.6 Å². The van der Waals surface area contributed by atoms with E-state index in [1.165, 1.54) is 18.2 Å². The van der Waals surface area contributed by atoms with Gasteiger partial charge >= 0.3 is 5.97 Å². The number of piperidine rings is 1. The van der Waals surface area contributed by atoms with E-state index in [0.29, 0.717) is 23.8 Å². The van der Waals surface area contributed by atoms with Gasteiger partial charge < -0.3 is 19.7 Å². The molecule has 4 heterocycles. The first-order valence-electron chi connectivity index (χ1n) is 12.7. The summed E-state index contributed by atoms with van der Waals surface area (Å²) in [7, 11) is 0. The number of aromatic amines is 1. The molecular formula is C28H29F2N3O3. The Balaban J connectivity index is 1.20. The fraction of sp³-hybridized carbons (Fsp3) is 0.429. The Morgan fingerprint density at radius 1 is 1.11 bits per heavy atom. The summed E-state index contributed by atoms with van der Waals surface area (Å²) in [5.74, 6) is -0.886. The molecule has 1 saturated carbocycles. The number of rotatable bonds is 7. The number of aryl methyl sites for hydroxylation is 1. The van der Waals surface area contributed by atoms with Crippen molar-refractivity contribution < 1.29 is 23.4 Å². The average molecular weight is 494 g/mol.